The number of halogens is 1. The van der Waals surface area contributed by atoms with Crippen molar-refractivity contribution in [2.24, 2.45) is 0 Å². The summed E-state index contributed by atoms with van der Waals surface area (Å²) < 4.78 is 0. The summed E-state index contributed by atoms with van der Waals surface area (Å²) in [5.74, 6) is 0. The van der Waals surface area contributed by atoms with E-state index in [1.54, 1.807) is 0 Å². The molecule has 0 fully saturated rings. The molecule has 0 aliphatic heterocycles. The summed E-state index contributed by atoms with van der Waals surface area (Å²) in [5, 5.41) is 7.21. The first-order valence-corrected chi connectivity index (χ1v) is 2.98. The van der Waals surface area contributed by atoms with Crippen LogP contribution in [-0.2, 0) is 36.0 Å². The van der Waals surface area contributed by atoms with Crippen molar-refractivity contribution < 1.29 is 36.0 Å². The van der Waals surface area contributed by atoms with Gasteiger partial charge in [-0.2, -0.15) is 0 Å². The first-order chi connectivity index (χ1) is 2.41. The van der Waals surface area contributed by atoms with Crippen LogP contribution in [0.2, 0.25) is 0 Å². The SMILES string of the molecule is N#[C][Fe].[Cl][Ag].[KH]. The Kier molecular flexibility index (Phi) is 67.0. The summed E-state index contributed by atoms with van der Waals surface area (Å²) in [6, 6.07) is 0. The van der Waals surface area contributed by atoms with E-state index in [0.29, 0.717) is 0 Å². The van der Waals surface area contributed by atoms with Crippen molar-refractivity contribution in [1.29, 1.82) is 5.26 Å². The number of nitriles is 1. The fraction of sp³-hybridized carbons (Fsp3) is 0. The molecule has 0 aliphatic carbocycles. The summed E-state index contributed by atoms with van der Waals surface area (Å²) in [6.07, 6.45) is 0. The Hall–Kier alpha value is 2.68. The fourth-order valence-corrected chi connectivity index (χ4v) is 0. The van der Waals surface area contributed by atoms with Crippen LogP contribution >= 0.6 is 9.19 Å². The summed E-state index contributed by atoms with van der Waals surface area (Å²) in [5.41, 5.74) is 0. The van der Waals surface area contributed by atoms with Crippen LogP contribution in [0.1, 0.15) is 0 Å². The molecule has 0 rings (SSSR count). The first-order valence-electron chi connectivity index (χ1n) is 0.514. The molecule has 0 aromatic heterocycles. The maximum absolute atomic E-state index is 7.21. The average Bonchev–Trinajstić information content (AvgIpc) is 1.46. The molecule has 0 spiro atoms. The molecule has 0 heterocycles. The zero-order valence-corrected chi connectivity index (χ0v) is 5.32. The van der Waals surface area contributed by atoms with Crippen molar-refractivity contribution >= 4 is 60.6 Å². The van der Waals surface area contributed by atoms with Crippen molar-refractivity contribution in [3.05, 3.63) is 0 Å². The van der Waals surface area contributed by atoms with E-state index in [1.165, 1.54) is 4.97 Å². The molecule has 0 saturated carbocycles. The number of rotatable bonds is 0. The predicted octanol–water partition coefficient (Wildman–Crippen LogP) is 0.0528. The van der Waals surface area contributed by atoms with E-state index in [2.05, 4.69) is 45.2 Å². The van der Waals surface area contributed by atoms with Gasteiger partial charge in [-0.3, -0.25) is 0 Å². The molecule has 6 heavy (non-hydrogen) atoms. The van der Waals surface area contributed by atoms with Crippen LogP contribution in [0.25, 0.3) is 0 Å². The Bertz CT molecular complexity index is 37.0. The van der Waals surface area contributed by atoms with E-state index in [-0.39, 0.29) is 51.4 Å². The Morgan fingerprint density at radius 2 is 1.67 bits per heavy atom. The second-order valence-electron chi connectivity index (χ2n) is 0.0791. The molecule has 0 atom stereocenters. The molecule has 0 saturated heterocycles. The van der Waals surface area contributed by atoms with Gasteiger partial charge in [0.1, 0.15) is 0 Å². The fourth-order valence-electron chi connectivity index (χ4n) is 0. The molecule has 0 aliphatic rings. The molecule has 0 aromatic rings. The van der Waals surface area contributed by atoms with Crippen LogP contribution < -0.4 is 0 Å². The van der Waals surface area contributed by atoms with Crippen molar-refractivity contribution in [2.45, 2.75) is 0 Å². The van der Waals surface area contributed by atoms with E-state index < -0.39 is 0 Å². The molecule has 5 heteroatoms. The molecule has 1 nitrogen and oxygen atoms in total. The van der Waals surface area contributed by atoms with Gasteiger partial charge in [0.25, 0.3) is 0 Å². The molecule has 0 N–H and O–H groups in total. The maximum atomic E-state index is 7.21. The predicted molar refractivity (Wildman–Crippen MR) is 18.6 cm³/mol. The number of hydrogen-bond acceptors (Lipinski definition) is 1. The zero-order chi connectivity index (χ0) is 4.71. The Morgan fingerprint density at radius 3 is 1.67 bits per heavy atom. The van der Waals surface area contributed by atoms with Crippen molar-refractivity contribution in [3.8, 4) is 4.97 Å². The molecular weight excluding hydrogens is 264 g/mol. The standard InChI is InChI=1S/CN.Ag.ClH.Fe.K.H/c1-2;;;;;/h;;1H;;;/q;+1;;;;/p-1. The quantitative estimate of drug-likeness (QED) is 0.568. The van der Waals surface area contributed by atoms with Crippen LogP contribution in [0, 0.1) is 10.2 Å². The monoisotopic (exact) mass is 264 g/mol. The Labute approximate surface area is 104 Å². The van der Waals surface area contributed by atoms with Gasteiger partial charge in [0.05, 0.1) is 0 Å². The molecular formula is CHAgClFeKN. The van der Waals surface area contributed by atoms with E-state index in [0.717, 1.165) is 0 Å². The van der Waals surface area contributed by atoms with Gasteiger partial charge in [-0.25, -0.2) is 0 Å². The number of hydrogen-bond donors (Lipinski definition) is 0. The van der Waals surface area contributed by atoms with Crippen LogP contribution in [0.4, 0.5) is 0 Å². The topological polar surface area (TPSA) is 23.8 Å². The Morgan fingerprint density at radius 1 is 1.67 bits per heavy atom. The minimum absolute atomic E-state index is 0. The third-order valence-corrected chi connectivity index (χ3v) is 0. The Balaban J connectivity index is -0.0000000275. The van der Waals surface area contributed by atoms with Gasteiger partial charge >= 0.3 is 107 Å². The average molecular weight is 265 g/mol. The normalized spacial score (nSPS) is 2.50. The van der Waals surface area contributed by atoms with Gasteiger partial charge in [0.15, 0.2) is 0 Å². The van der Waals surface area contributed by atoms with E-state index in [1.807, 2.05) is 0 Å². The molecule has 0 radical (unpaired) electrons. The molecule has 0 bridgehead atoms. The second kappa shape index (κ2) is 25.3. The molecule has 0 unspecified atom stereocenters. The zero-order valence-electron chi connectivity index (χ0n) is 1.98. The summed E-state index contributed by atoms with van der Waals surface area (Å²) >= 11 is 5.21. The van der Waals surface area contributed by atoms with Crippen molar-refractivity contribution in [2.75, 3.05) is 0 Å². The summed E-state index contributed by atoms with van der Waals surface area (Å²) in [7, 11) is 4.45. The third kappa shape index (κ3) is 30.0. The minimum atomic E-state index is 0. The van der Waals surface area contributed by atoms with Crippen LogP contribution in [0.15, 0.2) is 0 Å². The first kappa shape index (κ1) is 15.9. The van der Waals surface area contributed by atoms with Crippen LogP contribution in [0.3, 0.4) is 0 Å². The number of nitrogens with zero attached hydrogens (tertiary/aromatic N) is 1. The van der Waals surface area contributed by atoms with Crippen LogP contribution in [-0.4, -0.2) is 51.4 Å². The van der Waals surface area contributed by atoms with Gasteiger partial charge in [-0.05, 0) is 0 Å². The van der Waals surface area contributed by atoms with Crippen molar-refractivity contribution in [1.82, 2.24) is 0 Å². The van der Waals surface area contributed by atoms with E-state index >= 15 is 0 Å². The van der Waals surface area contributed by atoms with Crippen molar-refractivity contribution in [3.63, 3.8) is 0 Å². The van der Waals surface area contributed by atoms with Gasteiger partial charge in [0.2, 0.25) is 0 Å². The van der Waals surface area contributed by atoms with Gasteiger partial charge in [-0.1, -0.05) is 0 Å². The van der Waals surface area contributed by atoms with E-state index in [4.69, 9.17) is 5.26 Å². The third-order valence-electron chi connectivity index (χ3n) is 0. The molecule has 37 valence electrons. The van der Waals surface area contributed by atoms with Gasteiger partial charge in [-0.15, -0.1) is 0 Å². The van der Waals surface area contributed by atoms with Gasteiger partial charge < -0.3 is 0 Å². The van der Waals surface area contributed by atoms with E-state index in [9.17, 15) is 0 Å². The second-order valence-corrected chi connectivity index (χ2v) is 0.326. The van der Waals surface area contributed by atoms with Gasteiger partial charge in [0, 0.05) is 0 Å². The molecule has 0 amide bonds. The van der Waals surface area contributed by atoms with Crippen LogP contribution in [0.5, 0.6) is 0 Å². The summed E-state index contributed by atoms with van der Waals surface area (Å²) in [6.45, 7) is 0. The molecule has 0 aromatic carbocycles. The summed E-state index contributed by atoms with van der Waals surface area (Å²) in [4.78, 5) is 1.50.